The van der Waals surface area contributed by atoms with Crippen LogP contribution in [0.5, 0.6) is 0 Å². The van der Waals surface area contributed by atoms with Gasteiger partial charge in [-0.15, -0.1) is 0 Å². The Bertz CT molecular complexity index is 6570. The fraction of sp³-hybridized carbons (Fsp3) is 0.155. The van der Waals surface area contributed by atoms with Crippen LogP contribution < -0.4 is 4.90 Å². The molecule has 4 heteroatoms. The molecule has 0 amide bonds. The molecule has 1 unspecified atom stereocenters. The lowest BCUT2D eigenvalue weighted by molar-refractivity contribution is 0.580. The summed E-state index contributed by atoms with van der Waals surface area (Å²) < 4.78 is 21.0. The summed E-state index contributed by atoms with van der Waals surface area (Å²) in [6, 6.07) is 91.7. The number of hydrogen-bond donors (Lipinski definition) is 0. The van der Waals surface area contributed by atoms with Crippen molar-refractivity contribution in [3.63, 3.8) is 0 Å². The van der Waals surface area contributed by atoms with E-state index in [1.54, 1.807) is 0 Å². The molecule has 1 spiro atoms. The highest BCUT2D eigenvalue weighted by Gasteiger charge is 2.55. The van der Waals surface area contributed by atoms with E-state index in [9.17, 15) is 0 Å². The van der Waals surface area contributed by atoms with Gasteiger partial charge in [0.15, 0.2) is 0 Å². The number of furan rings is 3. The number of fused-ring (bicyclic) bond motifs is 36. The van der Waals surface area contributed by atoms with Gasteiger partial charge in [0.05, 0.1) is 5.41 Å². The molecule has 7 aliphatic rings. The zero-order chi connectivity index (χ0) is 67.3. The van der Waals surface area contributed by atoms with E-state index in [4.69, 9.17) is 13.3 Å². The highest BCUT2D eigenvalue weighted by atomic mass is 16.3. The highest BCUT2D eigenvalue weighted by molar-refractivity contribution is 6.21. The lowest BCUT2D eigenvalue weighted by Gasteiger charge is -2.35. The molecule has 480 valence electrons. The molecular weight excluding hydrogens is 1230 g/mol. The van der Waals surface area contributed by atoms with Crippen LogP contribution in [0, 0.1) is 0 Å². The first-order valence-corrected chi connectivity index (χ1v) is 36.1. The van der Waals surface area contributed by atoms with Crippen LogP contribution in [0.4, 0.5) is 11.4 Å². The number of rotatable bonds is 4. The normalized spacial score (nSPS) is 17.7. The number of para-hydroxylation sites is 3. The van der Waals surface area contributed by atoms with Crippen molar-refractivity contribution in [2.75, 3.05) is 4.90 Å². The van der Waals surface area contributed by atoms with Crippen LogP contribution in [0.2, 0.25) is 0 Å². The zero-order valence-corrected chi connectivity index (χ0v) is 57.7. The molecule has 0 saturated heterocycles. The summed E-state index contributed by atoms with van der Waals surface area (Å²) in [5, 5.41) is 7.13. The molecule has 3 heterocycles. The molecular formula is C97H69NO3. The molecule has 13 aromatic carbocycles. The van der Waals surface area contributed by atoms with E-state index in [2.05, 4.69) is 315 Å². The van der Waals surface area contributed by atoms with Crippen molar-refractivity contribution in [3.8, 4) is 66.8 Å². The second-order valence-corrected chi connectivity index (χ2v) is 32.0. The van der Waals surface area contributed by atoms with Crippen molar-refractivity contribution in [1.29, 1.82) is 0 Å². The quantitative estimate of drug-likeness (QED) is 0.176. The van der Waals surface area contributed by atoms with Gasteiger partial charge in [0.1, 0.15) is 33.5 Å². The van der Waals surface area contributed by atoms with E-state index < -0.39 is 5.41 Å². The minimum atomic E-state index is -0.693. The van der Waals surface area contributed by atoms with Gasteiger partial charge in [-0.2, -0.15) is 0 Å². The smallest absolute Gasteiger partial charge is 0.143 e. The number of nitrogens with zero attached hydrogens (tertiary/aromatic N) is 1. The van der Waals surface area contributed by atoms with Crippen molar-refractivity contribution in [1.82, 2.24) is 0 Å². The number of allylic oxidation sites excluding steroid dienone is 3. The Labute approximate surface area is 586 Å². The summed E-state index contributed by atoms with van der Waals surface area (Å²) in [5.41, 5.74) is 39.9. The van der Waals surface area contributed by atoms with E-state index in [1.807, 2.05) is 0 Å². The number of benzene rings is 13. The predicted molar refractivity (Wildman–Crippen MR) is 414 cm³/mol. The average Bonchev–Trinajstić information content (AvgIpc) is 1.51. The van der Waals surface area contributed by atoms with Crippen LogP contribution in [-0.4, -0.2) is 0 Å². The van der Waals surface area contributed by atoms with Gasteiger partial charge >= 0.3 is 0 Å². The first-order chi connectivity index (χ1) is 49.1. The summed E-state index contributed by atoms with van der Waals surface area (Å²) in [4.78, 5) is 2.65. The van der Waals surface area contributed by atoms with Crippen molar-refractivity contribution in [2.24, 2.45) is 0 Å². The summed E-state index contributed by atoms with van der Waals surface area (Å²) in [6.45, 7) is 19.7. The van der Waals surface area contributed by atoms with Crippen LogP contribution in [0.1, 0.15) is 134 Å². The van der Waals surface area contributed by atoms with Gasteiger partial charge in [-0.3, -0.25) is 0 Å². The minimum Gasteiger partial charge on any atom is -0.456 e. The largest absolute Gasteiger partial charge is 0.456 e. The zero-order valence-electron chi connectivity index (χ0n) is 57.7. The molecule has 0 bridgehead atoms. The van der Waals surface area contributed by atoms with Gasteiger partial charge in [-0.05, 0) is 202 Å². The van der Waals surface area contributed by atoms with Gasteiger partial charge in [0, 0.05) is 88.1 Å². The molecule has 101 heavy (non-hydrogen) atoms. The fourth-order valence-corrected chi connectivity index (χ4v) is 21.4. The summed E-state index contributed by atoms with van der Waals surface area (Å²) in [5.74, 6) is 0.125. The molecule has 3 aromatic heterocycles. The standard InChI is InChI=1S/C97H69NO3/c1-93(2)71-44-45-81-84(62-29-15-21-35-78(62)99-81)83(71)67-51-74-66(50-75(67)93)58-41-38-53(46-72(58)94(74,3)4)98(54-39-42-60-73(47-54)96(7,8)89-85(60)87-64-31-17-23-37-80(64)101-92(87)88-59-28-14-18-32-68(59)95(5,6)90(88)89)55-40-43-61-76(48-55)97(69-33-19-12-26-56(69)57-27-13-20-34-70(57)97)77-49-65(52-24-10-9-11-25-52)91-86(82(61)77)63-30-16-22-36-79(63)100-91/h9-41,43-51,60H,42H2,1-8H3. The Kier molecular flexibility index (Phi) is 10.4. The minimum absolute atomic E-state index is 0.125. The first kappa shape index (κ1) is 56.4. The second kappa shape index (κ2) is 18.7. The summed E-state index contributed by atoms with van der Waals surface area (Å²) in [7, 11) is 0. The molecule has 23 rings (SSSR count). The molecule has 7 aliphatic carbocycles. The van der Waals surface area contributed by atoms with E-state index >= 15 is 0 Å². The Morgan fingerprint density at radius 2 is 0.842 bits per heavy atom. The third kappa shape index (κ3) is 6.70. The lowest BCUT2D eigenvalue weighted by Crippen LogP contribution is -2.27. The summed E-state index contributed by atoms with van der Waals surface area (Å²) in [6.07, 6.45) is 6.05. The van der Waals surface area contributed by atoms with Gasteiger partial charge in [0.2, 0.25) is 0 Å². The Morgan fingerprint density at radius 1 is 0.327 bits per heavy atom. The maximum atomic E-state index is 7.21. The van der Waals surface area contributed by atoms with Crippen molar-refractivity contribution >= 4 is 77.2 Å². The van der Waals surface area contributed by atoms with E-state index in [1.165, 1.54) is 155 Å². The highest BCUT2D eigenvalue weighted by Crippen LogP contribution is 2.69. The maximum Gasteiger partial charge on any atom is 0.143 e. The molecule has 0 aliphatic heterocycles. The van der Waals surface area contributed by atoms with Crippen LogP contribution >= 0.6 is 0 Å². The molecule has 16 aromatic rings. The van der Waals surface area contributed by atoms with Crippen LogP contribution in [-0.2, 0) is 27.1 Å². The molecule has 0 fully saturated rings. The lowest BCUT2D eigenvalue weighted by atomic mass is 9.70. The van der Waals surface area contributed by atoms with Gasteiger partial charge in [-0.1, -0.05) is 243 Å². The van der Waals surface area contributed by atoms with Crippen LogP contribution in [0.25, 0.3) is 133 Å². The average molecular weight is 1300 g/mol. The van der Waals surface area contributed by atoms with Crippen molar-refractivity contribution in [2.45, 2.75) is 94.8 Å². The second-order valence-electron chi connectivity index (χ2n) is 32.0. The third-order valence-electron chi connectivity index (χ3n) is 25.8. The molecule has 0 saturated carbocycles. The maximum absolute atomic E-state index is 7.21. The van der Waals surface area contributed by atoms with Crippen molar-refractivity contribution < 1.29 is 13.3 Å². The monoisotopic (exact) mass is 1300 g/mol. The van der Waals surface area contributed by atoms with Gasteiger partial charge < -0.3 is 18.2 Å². The first-order valence-electron chi connectivity index (χ1n) is 36.1. The Morgan fingerprint density at radius 3 is 1.55 bits per heavy atom. The van der Waals surface area contributed by atoms with Gasteiger partial charge in [0.25, 0.3) is 0 Å². The Balaban J connectivity index is 0.773. The number of anilines is 2. The molecule has 4 nitrogen and oxygen atoms in total. The SMILES string of the molecule is CC1(C)C2=CC(N(c3ccc4c(c3)C(C)(C)c3cc5c(cc3-4)C(C)(C)c3ccc4oc6ccccc6c4c3-5)c3ccc4c(c3)C3(c5ccccc5-c5ccccc53)c3cc(-c5ccccc5)c5oc6ccccc6c5c3-4)=CCC2c2c1c1c(c3oc4ccccc4c23)-c2ccccc2C1(C)C. The molecule has 1 atom stereocenters. The predicted octanol–water partition coefficient (Wildman–Crippen LogP) is 25.7. The summed E-state index contributed by atoms with van der Waals surface area (Å²) >= 11 is 0. The van der Waals surface area contributed by atoms with E-state index in [0.717, 1.165) is 73.2 Å². The number of hydrogen-bond acceptors (Lipinski definition) is 4. The van der Waals surface area contributed by atoms with E-state index in [0.29, 0.717) is 0 Å². The molecule has 0 radical (unpaired) electrons. The molecule has 0 N–H and O–H groups in total. The topological polar surface area (TPSA) is 42.7 Å². The third-order valence-corrected chi connectivity index (χ3v) is 25.8. The van der Waals surface area contributed by atoms with Crippen LogP contribution in [0.3, 0.4) is 0 Å². The van der Waals surface area contributed by atoms with Gasteiger partial charge in [-0.25, -0.2) is 0 Å². The Hall–Kier alpha value is -11.5. The van der Waals surface area contributed by atoms with E-state index in [-0.39, 0.29) is 27.6 Å². The van der Waals surface area contributed by atoms with Crippen molar-refractivity contribution in [3.05, 3.63) is 333 Å². The van der Waals surface area contributed by atoms with Crippen LogP contribution in [0.15, 0.2) is 279 Å². The fourth-order valence-electron chi connectivity index (χ4n) is 21.4.